The number of rotatable bonds is 10. The second-order valence-corrected chi connectivity index (χ2v) is 9.43. The lowest BCUT2D eigenvalue weighted by molar-refractivity contribution is -0.137. The van der Waals surface area contributed by atoms with Crippen LogP contribution in [0.5, 0.6) is 5.75 Å². The van der Waals surface area contributed by atoms with Crippen molar-refractivity contribution >= 4 is 5.91 Å². The molecule has 0 saturated carbocycles. The Bertz CT molecular complexity index is 1000. The predicted octanol–water partition coefficient (Wildman–Crippen LogP) is 5.61. The molecule has 36 heavy (non-hydrogen) atoms. The zero-order valence-electron chi connectivity index (χ0n) is 21.8. The summed E-state index contributed by atoms with van der Waals surface area (Å²) in [6.45, 7) is 13.7. The van der Waals surface area contributed by atoms with Crippen LogP contribution in [-0.2, 0) is 6.18 Å². The molecule has 0 bridgehead atoms. The Morgan fingerprint density at radius 3 is 2.28 bits per heavy atom. The van der Waals surface area contributed by atoms with Crippen LogP contribution in [-0.4, -0.2) is 61.6 Å². The lowest BCUT2D eigenvalue weighted by Crippen LogP contribution is -2.49. The lowest BCUT2D eigenvalue weighted by Gasteiger charge is -2.39. The highest BCUT2D eigenvalue weighted by atomic mass is 19.4. The maximum atomic E-state index is 12.8. The average molecular weight is 506 g/mol. The molecule has 1 unspecified atom stereocenters. The van der Waals surface area contributed by atoms with E-state index in [0.29, 0.717) is 32.8 Å². The van der Waals surface area contributed by atoms with E-state index in [9.17, 15) is 18.0 Å². The minimum atomic E-state index is -4.41. The summed E-state index contributed by atoms with van der Waals surface area (Å²) in [5.41, 5.74) is 3.15. The smallest absolute Gasteiger partial charge is 0.416 e. The summed E-state index contributed by atoms with van der Waals surface area (Å²) in [7, 11) is 0. The fourth-order valence-corrected chi connectivity index (χ4v) is 4.60. The van der Waals surface area contributed by atoms with Crippen LogP contribution in [0.1, 0.15) is 65.3 Å². The molecule has 1 atom stereocenters. The van der Waals surface area contributed by atoms with E-state index in [1.807, 2.05) is 0 Å². The number of benzene rings is 2. The first kappa shape index (κ1) is 28.0. The maximum Gasteiger partial charge on any atom is 0.416 e. The molecule has 1 aliphatic rings. The van der Waals surface area contributed by atoms with Crippen LogP contribution in [0.2, 0.25) is 0 Å². The van der Waals surface area contributed by atoms with Gasteiger partial charge in [-0.15, -0.1) is 0 Å². The van der Waals surface area contributed by atoms with Gasteiger partial charge in [0, 0.05) is 37.8 Å². The predicted molar refractivity (Wildman–Crippen MR) is 137 cm³/mol. The van der Waals surface area contributed by atoms with Crippen molar-refractivity contribution in [2.75, 3.05) is 45.9 Å². The fourth-order valence-electron chi connectivity index (χ4n) is 4.60. The highest BCUT2D eigenvalue weighted by Crippen LogP contribution is 2.32. The van der Waals surface area contributed by atoms with Crippen molar-refractivity contribution in [2.45, 2.75) is 52.8 Å². The van der Waals surface area contributed by atoms with Crippen LogP contribution in [0, 0.1) is 13.8 Å². The SMILES string of the molecule is CCCNCCCOc1ccc(C(C)N2CCN(C(=O)c3ccc(C(F)(F)F)cc3)CC2)c(C)c1C. The fraction of sp³-hybridized carbons (Fsp3) is 0.536. The van der Waals surface area contributed by atoms with Gasteiger partial charge in [0.1, 0.15) is 5.75 Å². The van der Waals surface area contributed by atoms with Crippen LogP contribution in [0.3, 0.4) is 0 Å². The molecule has 2 aromatic carbocycles. The number of alkyl halides is 3. The van der Waals surface area contributed by atoms with Crippen LogP contribution < -0.4 is 10.1 Å². The van der Waals surface area contributed by atoms with Gasteiger partial charge in [0.05, 0.1) is 12.2 Å². The molecule has 1 saturated heterocycles. The number of ether oxygens (including phenoxy) is 1. The van der Waals surface area contributed by atoms with Gasteiger partial charge >= 0.3 is 6.18 Å². The van der Waals surface area contributed by atoms with Crippen LogP contribution in [0.4, 0.5) is 13.2 Å². The monoisotopic (exact) mass is 505 g/mol. The van der Waals surface area contributed by atoms with E-state index < -0.39 is 11.7 Å². The molecule has 0 spiro atoms. The molecule has 0 radical (unpaired) electrons. The van der Waals surface area contributed by atoms with Crippen LogP contribution >= 0.6 is 0 Å². The van der Waals surface area contributed by atoms with Crippen LogP contribution in [0.15, 0.2) is 36.4 Å². The Hall–Kier alpha value is -2.58. The van der Waals surface area contributed by atoms with E-state index >= 15 is 0 Å². The Morgan fingerprint density at radius 2 is 1.67 bits per heavy atom. The first-order valence-electron chi connectivity index (χ1n) is 12.8. The summed E-state index contributed by atoms with van der Waals surface area (Å²) in [6, 6.07) is 8.82. The molecule has 1 aliphatic heterocycles. The summed E-state index contributed by atoms with van der Waals surface area (Å²) in [5, 5.41) is 3.38. The first-order chi connectivity index (χ1) is 17.1. The van der Waals surface area contributed by atoms with Gasteiger partial charge in [-0.2, -0.15) is 13.2 Å². The second-order valence-electron chi connectivity index (χ2n) is 9.43. The number of nitrogens with zero attached hydrogens (tertiary/aromatic N) is 2. The molecule has 2 aromatic rings. The Morgan fingerprint density at radius 1 is 1.00 bits per heavy atom. The maximum absolute atomic E-state index is 12.8. The summed E-state index contributed by atoms with van der Waals surface area (Å²) >= 11 is 0. The summed E-state index contributed by atoms with van der Waals surface area (Å²) in [6.07, 6.45) is -2.31. The number of carbonyl (C=O) groups is 1. The molecule has 5 nitrogen and oxygen atoms in total. The van der Waals surface area contributed by atoms with Gasteiger partial charge in [0.15, 0.2) is 0 Å². The van der Waals surface area contributed by atoms with Crippen LogP contribution in [0.25, 0.3) is 0 Å². The van der Waals surface area contributed by atoms with Gasteiger partial charge in [-0.3, -0.25) is 9.69 Å². The first-order valence-corrected chi connectivity index (χ1v) is 12.8. The number of hydrogen-bond donors (Lipinski definition) is 1. The Labute approximate surface area is 212 Å². The van der Waals surface area contributed by atoms with E-state index in [4.69, 9.17) is 4.74 Å². The van der Waals surface area contributed by atoms with Crippen molar-refractivity contribution in [3.05, 3.63) is 64.2 Å². The summed E-state index contributed by atoms with van der Waals surface area (Å²) in [5.74, 6) is 0.695. The minimum Gasteiger partial charge on any atom is -0.493 e. The highest BCUT2D eigenvalue weighted by molar-refractivity contribution is 5.94. The molecule has 3 rings (SSSR count). The molecule has 8 heteroatoms. The number of piperazine rings is 1. The highest BCUT2D eigenvalue weighted by Gasteiger charge is 2.31. The molecule has 1 heterocycles. The minimum absolute atomic E-state index is 0.180. The van der Waals surface area contributed by atoms with Gasteiger partial charge in [-0.1, -0.05) is 13.0 Å². The topological polar surface area (TPSA) is 44.8 Å². The van der Waals surface area contributed by atoms with Crippen molar-refractivity contribution in [1.29, 1.82) is 0 Å². The quantitative estimate of drug-likeness (QED) is 0.427. The van der Waals surface area contributed by atoms with E-state index in [1.165, 1.54) is 23.3 Å². The second kappa shape index (κ2) is 12.6. The third-order valence-electron chi connectivity index (χ3n) is 7.02. The summed E-state index contributed by atoms with van der Waals surface area (Å²) in [4.78, 5) is 16.9. The van der Waals surface area contributed by atoms with Gasteiger partial charge in [0.25, 0.3) is 5.91 Å². The number of carbonyl (C=O) groups excluding carboxylic acids is 1. The van der Waals surface area contributed by atoms with E-state index in [-0.39, 0.29) is 17.5 Å². The Kier molecular flexibility index (Phi) is 9.79. The third kappa shape index (κ3) is 7.01. The number of nitrogens with one attached hydrogen (secondary N) is 1. The van der Waals surface area contributed by atoms with E-state index in [2.05, 4.69) is 50.0 Å². The largest absolute Gasteiger partial charge is 0.493 e. The Balaban J connectivity index is 1.55. The van der Waals surface area contributed by atoms with E-state index in [1.54, 1.807) is 4.90 Å². The molecule has 1 fully saturated rings. The van der Waals surface area contributed by atoms with Gasteiger partial charge in [-0.05, 0) is 93.7 Å². The molecule has 0 aliphatic carbocycles. The third-order valence-corrected chi connectivity index (χ3v) is 7.02. The molecule has 0 aromatic heterocycles. The normalized spacial score (nSPS) is 15.7. The number of halogens is 3. The van der Waals surface area contributed by atoms with E-state index in [0.717, 1.165) is 49.4 Å². The zero-order chi connectivity index (χ0) is 26.3. The van der Waals surface area contributed by atoms with Crippen molar-refractivity contribution in [1.82, 2.24) is 15.1 Å². The average Bonchev–Trinajstić information content (AvgIpc) is 2.87. The van der Waals surface area contributed by atoms with Crippen molar-refractivity contribution < 1.29 is 22.7 Å². The summed E-state index contributed by atoms with van der Waals surface area (Å²) < 4.78 is 44.4. The molecular formula is C28H38F3N3O2. The number of amides is 1. The van der Waals surface area contributed by atoms with Crippen molar-refractivity contribution in [3.63, 3.8) is 0 Å². The standard InChI is InChI=1S/C28H38F3N3O2/c1-5-13-32-14-6-19-36-26-12-11-25(20(2)21(26)3)22(4)33-15-17-34(18-16-33)27(35)23-7-9-24(10-8-23)28(29,30)31/h7-12,22,32H,5-6,13-19H2,1-4H3. The van der Waals surface area contributed by atoms with Crippen molar-refractivity contribution in [3.8, 4) is 5.75 Å². The van der Waals surface area contributed by atoms with Gasteiger partial charge in [0.2, 0.25) is 0 Å². The molecular weight excluding hydrogens is 467 g/mol. The molecule has 1 amide bonds. The molecule has 198 valence electrons. The van der Waals surface area contributed by atoms with Gasteiger partial charge in [-0.25, -0.2) is 0 Å². The zero-order valence-corrected chi connectivity index (χ0v) is 21.8. The van der Waals surface area contributed by atoms with Crippen molar-refractivity contribution in [2.24, 2.45) is 0 Å². The number of hydrogen-bond acceptors (Lipinski definition) is 4. The van der Waals surface area contributed by atoms with Gasteiger partial charge < -0.3 is 15.0 Å². The molecule has 1 N–H and O–H groups in total. The lowest BCUT2D eigenvalue weighted by atomic mass is 9.96.